The van der Waals surface area contributed by atoms with E-state index in [-0.39, 0.29) is 11.5 Å². The van der Waals surface area contributed by atoms with Gasteiger partial charge >= 0.3 is 5.97 Å². The first kappa shape index (κ1) is 15.5. The highest BCUT2D eigenvalue weighted by atomic mass is 127. The third-order valence-corrected chi connectivity index (χ3v) is 5.63. The van der Waals surface area contributed by atoms with Crippen LogP contribution in [0.4, 0.5) is 0 Å². The van der Waals surface area contributed by atoms with Crippen molar-refractivity contribution < 1.29 is 24.5 Å². The molecule has 5 rings (SSSR count). The molecule has 2 N–H and O–H groups in total. The molecule has 2 heterocycles. The van der Waals surface area contributed by atoms with Crippen molar-refractivity contribution in [1.82, 2.24) is 0 Å². The largest absolute Gasteiger partial charge is 0.508 e. The lowest BCUT2D eigenvalue weighted by molar-refractivity contribution is 0.0224. The van der Waals surface area contributed by atoms with Crippen molar-refractivity contribution in [3.05, 3.63) is 80.4 Å². The summed E-state index contributed by atoms with van der Waals surface area (Å²) in [4.78, 5) is 12.6. The van der Waals surface area contributed by atoms with E-state index in [1.165, 1.54) is 18.2 Å². The number of phenols is 2. The summed E-state index contributed by atoms with van der Waals surface area (Å²) in [5, 5.41) is 20.0. The predicted octanol–water partition coefficient (Wildman–Crippen LogP) is 4.27. The lowest BCUT2D eigenvalue weighted by atomic mass is 9.77. The van der Waals surface area contributed by atoms with E-state index in [4.69, 9.17) is 9.47 Å². The highest BCUT2D eigenvalue weighted by Gasteiger charge is 2.53. The standard InChI is InChI=1S/C20H11IO5/c21-15-8-14-18(9-16(15)23)25-17-7-10(22)5-6-13(17)20(14)12-4-2-1-3-11(12)19(24)26-20/h1-9,22-23H. The average Bonchev–Trinajstić information content (AvgIpc) is 2.91. The molecule has 1 unspecified atom stereocenters. The Bertz CT molecular complexity index is 1110. The Labute approximate surface area is 162 Å². The molecule has 0 aliphatic carbocycles. The van der Waals surface area contributed by atoms with Gasteiger partial charge in [-0.3, -0.25) is 0 Å². The second-order valence-electron chi connectivity index (χ2n) is 6.20. The summed E-state index contributed by atoms with van der Waals surface area (Å²) in [6.07, 6.45) is 0. The van der Waals surface area contributed by atoms with Crippen molar-refractivity contribution in [3.63, 3.8) is 0 Å². The molecule has 0 fully saturated rings. The first-order valence-electron chi connectivity index (χ1n) is 7.88. The molecule has 2 aliphatic rings. The number of hydrogen-bond acceptors (Lipinski definition) is 5. The molecule has 0 bridgehead atoms. The maximum atomic E-state index is 12.6. The number of rotatable bonds is 0. The van der Waals surface area contributed by atoms with Gasteiger partial charge in [0.25, 0.3) is 0 Å². The molecule has 0 saturated carbocycles. The minimum Gasteiger partial charge on any atom is -0.508 e. The van der Waals surface area contributed by atoms with Crippen LogP contribution in [0, 0.1) is 3.57 Å². The van der Waals surface area contributed by atoms with Crippen LogP contribution in [0.15, 0.2) is 54.6 Å². The van der Waals surface area contributed by atoms with Crippen molar-refractivity contribution in [2.45, 2.75) is 5.60 Å². The number of halogens is 1. The van der Waals surface area contributed by atoms with E-state index in [2.05, 4.69) is 0 Å². The number of fused-ring (bicyclic) bond motifs is 6. The van der Waals surface area contributed by atoms with Crippen LogP contribution in [0.1, 0.15) is 27.0 Å². The maximum Gasteiger partial charge on any atom is 0.340 e. The Kier molecular flexibility index (Phi) is 3.06. The Balaban J connectivity index is 1.92. The number of phenolic OH excluding ortho intramolecular Hbond substituents is 2. The zero-order valence-corrected chi connectivity index (χ0v) is 15.4. The molecule has 6 heteroatoms. The third kappa shape index (κ3) is 1.87. The minimum absolute atomic E-state index is 0.0368. The fourth-order valence-corrected chi connectivity index (χ4v) is 4.14. The maximum absolute atomic E-state index is 12.6. The number of esters is 1. The number of carbonyl (C=O) groups is 1. The van der Waals surface area contributed by atoms with Gasteiger partial charge in [-0.1, -0.05) is 18.2 Å². The minimum atomic E-state index is -1.18. The summed E-state index contributed by atoms with van der Waals surface area (Å²) in [5.41, 5.74) is 1.28. The molecule has 1 spiro atoms. The van der Waals surface area contributed by atoms with Crippen LogP contribution in [0.2, 0.25) is 0 Å². The fourth-order valence-electron chi connectivity index (χ4n) is 3.67. The van der Waals surface area contributed by atoms with Crippen molar-refractivity contribution in [2.75, 3.05) is 0 Å². The SMILES string of the molecule is O=C1OC2(c3ccc(O)cc3Oc3cc(O)c(I)cc32)c2ccccc21. The summed E-state index contributed by atoms with van der Waals surface area (Å²) >= 11 is 2.02. The van der Waals surface area contributed by atoms with Crippen molar-refractivity contribution in [1.29, 1.82) is 0 Å². The quantitative estimate of drug-likeness (QED) is 0.389. The van der Waals surface area contributed by atoms with E-state index in [0.717, 1.165) is 0 Å². The van der Waals surface area contributed by atoms with Gasteiger partial charge in [0.2, 0.25) is 0 Å². The summed E-state index contributed by atoms with van der Waals surface area (Å²) < 4.78 is 12.5. The molecule has 1 atom stereocenters. The number of aromatic hydroxyl groups is 2. The molecule has 0 amide bonds. The van der Waals surface area contributed by atoms with E-state index in [1.807, 2.05) is 34.7 Å². The molecule has 0 aromatic heterocycles. The Morgan fingerprint density at radius 3 is 2.50 bits per heavy atom. The van der Waals surface area contributed by atoms with Crippen molar-refractivity contribution >= 4 is 28.6 Å². The van der Waals surface area contributed by atoms with Gasteiger partial charge in [0.15, 0.2) is 5.60 Å². The lowest BCUT2D eigenvalue weighted by Crippen LogP contribution is -2.33. The highest BCUT2D eigenvalue weighted by molar-refractivity contribution is 14.1. The predicted molar refractivity (Wildman–Crippen MR) is 101 cm³/mol. The van der Waals surface area contributed by atoms with E-state index in [9.17, 15) is 15.0 Å². The van der Waals surface area contributed by atoms with Gasteiger partial charge < -0.3 is 19.7 Å². The van der Waals surface area contributed by atoms with E-state index < -0.39 is 11.6 Å². The fraction of sp³-hybridized carbons (Fsp3) is 0.0500. The normalized spacial score (nSPS) is 19.3. The van der Waals surface area contributed by atoms with Crippen molar-refractivity contribution in [3.8, 4) is 23.0 Å². The summed E-state index contributed by atoms with van der Waals surface area (Å²) in [7, 11) is 0. The van der Waals surface area contributed by atoms with Crippen LogP contribution >= 0.6 is 22.6 Å². The van der Waals surface area contributed by atoms with Crippen LogP contribution in [-0.2, 0) is 10.3 Å². The van der Waals surface area contributed by atoms with Gasteiger partial charge in [-0.25, -0.2) is 4.79 Å². The lowest BCUT2D eigenvalue weighted by Gasteiger charge is -2.36. The topological polar surface area (TPSA) is 76.0 Å². The van der Waals surface area contributed by atoms with Crippen LogP contribution in [0.3, 0.4) is 0 Å². The smallest absolute Gasteiger partial charge is 0.340 e. The molecule has 3 aromatic carbocycles. The molecular weight excluding hydrogens is 447 g/mol. The number of carbonyl (C=O) groups excluding carboxylic acids is 1. The molecule has 26 heavy (non-hydrogen) atoms. The monoisotopic (exact) mass is 458 g/mol. The summed E-state index contributed by atoms with van der Waals surface area (Å²) in [6, 6.07) is 15.2. The van der Waals surface area contributed by atoms with Crippen LogP contribution in [0.5, 0.6) is 23.0 Å². The summed E-state index contributed by atoms with van der Waals surface area (Å²) in [5.74, 6) is 0.444. The summed E-state index contributed by atoms with van der Waals surface area (Å²) in [6.45, 7) is 0. The van der Waals surface area contributed by atoms with Gasteiger partial charge in [0.1, 0.15) is 23.0 Å². The highest BCUT2D eigenvalue weighted by Crippen LogP contribution is 2.57. The molecule has 0 radical (unpaired) electrons. The Morgan fingerprint density at radius 1 is 0.885 bits per heavy atom. The first-order chi connectivity index (χ1) is 12.5. The molecule has 0 saturated heterocycles. The van der Waals surface area contributed by atoms with E-state index in [1.54, 1.807) is 24.3 Å². The van der Waals surface area contributed by atoms with E-state index >= 15 is 0 Å². The van der Waals surface area contributed by atoms with E-state index in [0.29, 0.717) is 37.3 Å². The van der Waals surface area contributed by atoms with Gasteiger partial charge in [-0.2, -0.15) is 0 Å². The molecule has 128 valence electrons. The number of hydrogen-bond donors (Lipinski definition) is 2. The third-order valence-electron chi connectivity index (χ3n) is 4.76. The van der Waals surface area contributed by atoms with Gasteiger partial charge in [-0.15, -0.1) is 0 Å². The second-order valence-corrected chi connectivity index (χ2v) is 7.36. The van der Waals surface area contributed by atoms with Crippen LogP contribution in [0.25, 0.3) is 0 Å². The van der Waals surface area contributed by atoms with Crippen LogP contribution in [-0.4, -0.2) is 16.2 Å². The number of benzene rings is 3. The average molecular weight is 458 g/mol. The van der Waals surface area contributed by atoms with Gasteiger partial charge in [-0.05, 0) is 46.9 Å². The molecule has 3 aromatic rings. The molecule has 5 nitrogen and oxygen atoms in total. The second kappa shape index (κ2) is 5.14. The zero-order valence-electron chi connectivity index (χ0n) is 13.2. The molecular formula is C20H11IO5. The van der Waals surface area contributed by atoms with Crippen LogP contribution < -0.4 is 4.74 Å². The Morgan fingerprint density at radius 2 is 1.65 bits per heavy atom. The van der Waals surface area contributed by atoms with Crippen molar-refractivity contribution in [2.24, 2.45) is 0 Å². The Hall–Kier alpha value is -2.74. The molecule has 2 aliphatic heterocycles. The zero-order chi connectivity index (χ0) is 18.1. The van der Waals surface area contributed by atoms with Gasteiger partial charge in [0, 0.05) is 28.8 Å². The first-order valence-corrected chi connectivity index (χ1v) is 8.96. The van der Waals surface area contributed by atoms with Gasteiger partial charge in [0.05, 0.1) is 9.13 Å². The number of ether oxygens (including phenoxy) is 2.